The van der Waals surface area contributed by atoms with Crippen LogP contribution >= 0.6 is 24.0 Å². The Morgan fingerprint density at radius 1 is 1.33 bits per heavy atom. The lowest BCUT2D eigenvalue weighted by molar-refractivity contribution is 0.687. The van der Waals surface area contributed by atoms with Crippen molar-refractivity contribution in [3.8, 4) is 10.4 Å². The van der Waals surface area contributed by atoms with Crippen LogP contribution in [0.4, 0.5) is 0 Å². The van der Waals surface area contributed by atoms with Crippen molar-refractivity contribution in [2.45, 2.75) is 9.79 Å². The molecular weight excluding hydrogens is 244 g/mol. The van der Waals surface area contributed by atoms with E-state index in [1.54, 1.807) is 17.6 Å². The molecule has 0 bridgehead atoms. The highest BCUT2D eigenvalue weighted by atomic mass is 32.2. The van der Waals surface area contributed by atoms with Crippen molar-refractivity contribution in [1.82, 2.24) is 0 Å². The van der Waals surface area contributed by atoms with Gasteiger partial charge in [-0.15, -0.1) is 24.0 Å². The van der Waals surface area contributed by atoms with Crippen molar-refractivity contribution in [1.29, 1.82) is 0 Å². The Hall–Kier alpha value is -0.580. The monoisotopic (exact) mass is 254 g/mol. The molecule has 1 unspecified atom stereocenters. The molecule has 0 spiro atoms. The first-order valence-electron chi connectivity index (χ1n) is 4.39. The van der Waals surface area contributed by atoms with E-state index in [1.807, 2.05) is 35.7 Å². The summed E-state index contributed by atoms with van der Waals surface area (Å²) in [6.07, 6.45) is 1.69. The predicted octanol–water partition coefficient (Wildman–Crippen LogP) is 3.44. The van der Waals surface area contributed by atoms with Crippen molar-refractivity contribution < 1.29 is 4.21 Å². The molecule has 0 aliphatic rings. The Labute approximate surface area is 101 Å². The fourth-order valence-corrected chi connectivity index (χ4v) is 3.51. The first-order chi connectivity index (χ1) is 7.18. The highest BCUT2D eigenvalue weighted by Crippen LogP contribution is 2.32. The maximum absolute atomic E-state index is 11.3. The number of thiophene rings is 1. The third-order valence-corrected chi connectivity index (χ3v) is 4.48. The van der Waals surface area contributed by atoms with Gasteiger partial charge in [0.2, 0.25) is 0 Å². The summed E-state index contributed by atoms with van der Waals surface area (Å²) in [6, 6.07) is 9.89. The molecule has 15 heavy (non-hydrogen) atoms. The Balaban J connectivity index is 2.46. The second kappa shape index (κ2) is 4.51. The molecule has 0 saturated heterocycles. The van der Waals surface area contributed by atoms with Crippen molar-refractivity contribution in [2.75, 3.05) is 6.26 Å². The largest absolute Gasteiger partial charge is 0.255 e. The molecule has 1 heterocycles. The van der Waals surface area contributed by atoms with Crippen LogP contribution < -0.4 is 0 Å². The van der Waals surface area contributed by atoms with Gasteiger partial charge < -0.3 is 0 Å². The first kappa shape index (κ1) is 10.9. The van der Waals surface area contributed by atoms with Gasteiger partial charge in [0.1, 0.15) is 0 Å². The summed E-state index contributed by atoms with van der Waals surface area (Å²) in [7, 11) is -0.903. The summed E-state index contributed by atoms with van der Waals surface area (Å²) in [5.74, 6) is 0. The minimum Gasteiger partial charge on any atom is -0.255 e. The Kier molecular flexibility index (Phi) is 3.29. The second-order valence-corrected chi connectivity index (χ2v) is 5.89. The van der Waals surface area contributed by atoms with E-state index in [9.17, 15) is 4.21 Å². The van der Waals surface area contributed by atoms with Gasteiger partial charge in [-0.1, -0.05) is 18.2 Å². The average Bonchev–Trinajstić information content (AvgIpc) is 2.67. The normalized spacial score (nSPS) is 12.7. The first-order valence-corrected chi connectivity index (χ1v) is 7.27. The lowest BCUT2D eigenvalue weighted by atomic mass is 10.2. The molecule has 0 aliphatic heterocycles. The fourth-order valence-electron chi connectivity index (χ4n) is 1.29. The molecule has 78 valence electrons. The van der Waals surface area contributed by atoms with Crippen LogP contribution in [0, 0.1) is 0 Å². The molecule has 0 amide bonds. The molecule has 0 saturated carbocycles. The van der Waals surface area contributed by atoms with E-state index in [4.69, 9.17) is 0 Å². The van der Waals surface area contributed by atoms with Crippen LogP contribution in [0.25, 0.3) is 10.4 Å². The SMILES string of the molecule is CS(=O)c1csc(-c2ccccc2S)c1. The third kappa shape index (κ3) is 2.33. The van der Waals surface area contributed by atoms with Gasteiger partial charge in [-0.25, -0.2) is 0 Å². The van der Waals surface area contributed by atoms with Gasteiger partial charge >= 0.3 is 0 Å². The van der Waals surface area contributed by atoms with Crippen molar-refractivity contribution >= 4 is 34.8 Å². The molecule has 1 aromatic carbocycles. The van der Waals surface area contributed by atoms with Gasteiger partial charge in [-0.2, -0.15) is 0 Å². The van der Waals surface area contributed by atoms with Gasteiger partial charge in [0.05, 0.1) is 10.8 Å². The van der Waals surface area contributed by atoms with E-state index in [0.29, 0.717) is 0 Å². The summed E-state index contributed by atoms with van der Waals surface area (Å²) >= 11 is 6.00. The van der Waals surface area contributed by atoms with Gasteiger partial charge in [-0.3, -0.25) is 4.21 Å². The highest BCUT2D eigenvalue weighted by Gasteiger charge is 2.06. The quantitative estimate of drug-likeness (QED) is 0.812. The molecule has 1 atom stereocenters. The van der Waals surface area contributed by atoms with Gasteiger partial charge in [0.25, 0.3) is 0 Å². The summed E-state index contributed by atoms with van der Waals surface area (Å²) in [4.78, 5) is 2.95. The minimum absolute atomic E-state index is 0.881. The van der Waals surface area contributed by atoms with Crippen molar-refractivity contribution in [3.63, 3.8) is 0 Å². The molecule has 2 aromatic rings. The smallest absolute Gasteiger partial charge is 0.0506 e. The standard InChI is InChI=1S/C11H10OS3/c1-15(12)8-6-11(14-7-8)9-4-2-3-5-10(9)13/h2-7,13H,1H3. The Morgan fingerprint density at radius 3 is 2.67 bits per heavy atom. The van der Waals surface area contributed by atoms with E-state index in [2.05, 4.69) is 12.6 Å². The van der Waals surface area contributed by atoms with Crippen LogP contribution in [0.15, 0.2) is 45.5 Å². The van der Waals surface area contributed by atoms with Crippen LogP contribution in [-0.4, -0.2) is 10.5 Å². The number of rotatable bonds is 2. The van der Waals surface area contributed by atoms with E-state index >= 15 is 0 Å². The van der Waals surface area contributed by atoms with Gasteiger partial charge in [-0.05, 0) is 12.1 Å². The van der Waals surface area contributed by atoms with Crippen molar-refractivity contribution in [3.05, 3.63) is 35.7 Å². The summed E-state index contributed by atoms with van der Waals surface area (Å²) in [5.41, 5.74) is 1.10. The number of hydrogen-bond donors (Lipinski definition) is 1. The zero-order valence-corrected chi connectivity index (χ0v) is 10.7. The lowest BCUT2D eigenvalue weighted by Crippen LogP contribution is -1.81. The summed E-state index contributed by atoms with van der Waals surface area (Å²) in [5, 5.41) is 1.94. The van der Waals surface area contributed by atoms with Gasteiger partial charge in [0.15, 0.2) is 0 Å². The predicted molar refractivity (Wildman–Crippen MR) is 69.3 cm³/mol. The maximum atomic E-state index is 11.3. The molecule has 0 N–H and O–H groups in total. The van der Waals surface area contributed by atoms with Crippen LogP contribution in [0.5, 0.6) is 0 Å². The zero-order valence-electron chi connectivity index (χ0n) is 8.14. The van der Waals surface area contributed by atoms with E-state index in [0.717, 1.165) is 20.2 Å². The molecule has 1 nitrogen and oxygen atoms in total. The third-order valence-electron chi connectivity index (χ3n) is 2.08. The summed E-state index contributed by atoms with van der Waals surface area (Å²) in [6.45, 7) is 0. The molecular formula is C11H10OS3. The number of thiol groups is 1. The molecule has 0 radical (unpaired) electrons. The van der Waals surface area contributed by atoms with Crippen LogP contribution in [0.3, 0.4) is 0 Å². The number of benzene rings is 1. The maximum Gasteiger partial charge on any atom is 0.0506 e. The zero-order chi connectivity index (χ0) is 10.8. The van der Waals surface area contributed by atoms with Crippen LogP contribution in [-0.2, 0) is 10.8 Å². The average molecular weight is 254 g/mol. The Morgan fingerprint density at radius 2 is 2.07 bits per heavy atom. The lowest BCUT2D eigenvalue weighted by Gasteiger charge is -2.00. The minimum atomic E-state index is -0.903. The number of hydrogen-bond acceptors (Lipinski definition) is 3. The van der Waals surface area contributed by atoms with E-state index in [1.165, 1.54) is 0 Å². The van der Waals surface area contributed by atoms with E-state index in [-0.39, 0.29) is 0 Å². The molecule has 1 aromatic heterocycles. The van der Waals surface area contributed by atoms with Crippen LogP contribution in [0.2, 0.25) is 0 Å². The van der Waals surface area contributed by atoms with E-state index < -0.39 is 10.8 Å². The highest BCUT2D eigenvalue weighted by molar-refractivity contribution is 7.84. The van der Waals surface area contributed by atoms with Gasteiger partial charge in [0, 0.05) is 31.9 Å². The molecule has 0 fully saturated rings. The fraction of sp³-hybridized carbons (Fsp3) is 0.0909. The summed E-state index contributed by atoms with van der Waals surface area (Å²) < 4.78 is 11.3. The molecule has 2 rings (SSSR count). The van der Waals surface area contributed by atoms with Crippen LogP contribution in [0.1, 0.15) is 0 Å². The topological polar surface area (TPSA) is 17.1 Å². The molecule has 4 heteroatoms. The second-order valence-electron chi connectivity index (χ2n) is 3.12. The Bertz CT molecular complexity index is 502. The van der Waals surface area contributed by atoms with Crippen molar-refractivity contribution in [2.24, 2.45) is 0 Å². The molecule has 0 aliphatic carbocycles.